The topological polar surface area (TPSA) is 49.3 Å². The fourth-order valence-corrected chi connectivity index (χ4v) is 1.58. The Hall–Kier alpha value is -1.58. The molecule has 1 aliphatic carbocycles. The lowest BCUT2D eigenvalue weighted by Crippen LogP contribution is -2.24. The number of halogens is 1. The lowest BCUT2D eigenvalue weighted by Gasteiger charge is -2.06. The summed E-state index contributed by atoms with van der Waals surface area (Å²) in [4.78, 5) is 11.6. The number of benzene rings is 1. The predicted octanol–water partition coefficient (Wildman–Crippen LogP) is 2.06. The van der Waals surface area contributed by atoms with Crippen LogP contribution in [0.15, 0.2) is 18.2 Å². The minimum absolute atomic E-state index is 0.00389. The van der Waals surface area contributed by atoms with Crippen LogP contribution in [0.25, 0.3) is 0 Å². The van der Waals surface area contributed by atoms with E-state index in [0.29, 0.717) is 6.54 Å². The van der Waals surface area contributed by atoms with E-state index in [1.165, 1.54) is 18.9 Å². The largest absolute Gasteiger partial charge is 0.507 e. The second kappa shape index (κ2) is 4.51. The van der Waals surface area contributed by atoms with E-state index in [4.69, 9.17) is 0 Å². The lowest BCUT2D eigenvalue weighted by atomic mass is 10.2. The molecule has 0 radical (unpaired) electrons. The van der Waals surface area contributed by atoms with Crippen LogP contribution in [0.1, 0.15) is 29.6 Å². The van der Waals surface area contributed by atoms with Crippen LogP contribution in [-0.2, 0) is 0 Å². The molecule has 0 aliphatic heterocycles. The van der Waals surface area contributed by atoms with E-state index in [1.807, 2.05) is 0 Å². The van der Waals surface area contributed by atoms with Crippen LogP contribution in [0, 0.1) is 11.7 Å². The molecule has 0 aromatic heterocycles. The van der Waals surface area contributed by atoms with Gasteiger partial charge in [0.1, 0.15) is 11.6 Å². The van der Waals surface area contributed by atoms with E-state index in [2.05, 4.69) is 5.32 Å². The van der Waals surface area contributed by atoms with Crippen molar-refractivity contribution in [3.63, 3.8) is 0 Å². The number of hydrogen-bond donors (Lipinski definition) is 2. The van der Waals surface area contributed by atoms with Gasteiger partial charge in [-0.3, -0.25) is 4.79 Å². The monoisotopic (exact) mass is 223 g/mol. The zero-order chi connectivity index (χ0) is 11.5. The fraction of sp³-hybridized carbons (Fsp3) is 0.417. The first-order chi connectivity index (χ1) is 7.66. The van der Waals surface area contributed by atoms with Crippen LogP contribution in [-0.4, -0.2) is 17.6 Å². The van der Waals surface area contributed by atoms with Crippen molar-refractivity contribution in [3.8, 4) is 5.75 Å². The van der Waals surface area contributed by atoms with Crippen molar-refractivity contribution in [1.29, 1.82) is 0 Å². The zero-order valence-electron chi connectivity index (χ0n) is 8.87. The molecule has 1 amide bonds. The SMILES string of the molecule is O=C(NCCC1CC1)c1cc(F)ccc1O. The Morgan fingerprint density at radius 1 is 1.50 bits per heavy atom. The van der Waals surface area contributed by atoms with Crippen molar-refractivity contribution < 1.29 is 14.3 Å². The standard InChI is InChI=1S/C12H14FNO2/c13-9-3-4-11(15)10(7-9)12(16)14-6-5-8-1-2-8/h3-4,7-8,15H,1-2,5-6H2,(H,14,16). The van der Waals surface area contributed by atoms with Gasteiger partial charge in [0.25, 0.3) is 5.91 Å². The number of nitrogens with one attached hydrogen (secondary N) is 1. The van der Waals surface area contributed by atoms with Crippen molar-refractivity contribution in [2.45, 2.75) is 19.3 Å². The fourth-order valence-electron chi connectivity index (χ4n) is 1.58. The number of carbonyl (C=O) groups is 1. The lowest BCUT2D eigenvalue weighted by molar-refractivity contribution is 0.0949. The van der Waals surface area contributed by atoms with E-state index in [1.54, 1.807) is 0 Å². The van der Waals surface area contributed by atoms with Crippen molar-refractivity contribution in [2.24, 2.45) is 5.92 Å². The van der Waals surface area contributed by atoms with Crippen molar-refractivity contribution in [1.82, 2.24) is 5.32 Å². The molecule has 1 fully saturated rings. The molecule has 1 aromatic carbocycles. The third-order valence-corrected chi connectivity index (χ3v) is 2.74. The maximum absolute atomic E-state index is 12.9. The molecule has 0 bridgehead atoms. The number of amides is 1. The van der Waals surface area contributed by atoms with Crippen LogP contribution in [0.3, 0.4) is 0 Å². The first-order valence-corrected chi connectivity index (χ1v) is 5.43. The summed E-state index contributed by atoms with van der Waals surface area (Å²) >= 11 is 0. The van der Waals surface area contributed by atoms with Crippen molar-refractivity contribution >= 4 is 5.91 Å². The maximum atomic E-state index is 12.9. The molecule has 2 rings (SSSR count). The van der Waals surface area contributed by atoms with Crippen molar-refractivity contribution in [2.75, 3.05) is 6.54 Å². The van der Waals surface area contributed by atoms with Gasteiger partial charge in [0.15, 0.2) is 0 Å². The Kier molecular flexibility index (Phi) is 3.08. The number of hydrogen-bond acceptors (Lipinski definition) is 2. The van der Waals surface area contributed by atoms with Gasteiger partial charge in [-0.1, -0.05) is 12.8 Å². The zero-order valence-corrected chi connectivity index (χ0v) is 8.87. The quantitative estimate of drug-likeness (QED) is 0.820. The van der Waals surface area contributed by atoms with E-state index in [9.17, 15) is 14.3 Å². The Labute approximate surface area is 93.3 Å². The minimum atomic E-state index is -0.523. The first-order valence-electron chi connectivity index (χ1n) is 5.43. The average molecular weight is 223 g/mol. The summed E-state index contributed by atoms with van der Waals surface area (Å²) in [5.41, 5.74) is -0.00389. The molecule has 1 aliphatic rings. The van der Waals surface area contributed by atoms with Gasteiger partial charge in [-0.2, -0.15) is 0 Å². The highest BCUT2D eigenvalue weighted by Gasteiger charge is 2.21. The summed E-state index contributed by atoms with van der Waals surface area (Å²) in [7, 11) is 0. The third kappa shape index (κ3) is 2.72. The van der Waals surface area contributed by atoms with Gasteiger partial charge in [0.05, 0.1) is 5.56 Å². The Balaban J connectivity index is 1.93. The molecule has 0 spiro atoms. The molecule has 0 atom stereocenters. The van der Waals surface area contributed by atoms with Crippen LogP contribution < -0.4 is 5.32 Å². The summed E-state index contributed by atoms with van der Waals surface area (Å²) in [6, 6.07) is 3.35. The molecule has 0 saturated heterocycles. The van der Waals surface area contributed by atoms with Crippen LogP contribution in [0.5, 0.6) is 5.75 Å². The van der Waals surface area contributed by atoms with E-state index in [0.717, 1.165) is 24.5 Å². The highest BCUT2D eigenvalue weighted by atomic mass is 19.1. The molecule has 1 aromatic rings. The van der Waals surface area contributed by atoms with E-state index in [-0.39, 0.29) is 11.3 Å². The molecular formula is C12H14FNO2. The van der Waals surface area contributed by atoms with E-state index < -0.39 is 11.7 Å². The number of rotatable bonds is 4. The molecule has 0 unspecified atom stereocenters. The Morgan fingerprint density at radius 2 is 2.25 bits per heavy atom. The summed E-state index contributed by atoms with van der Waals surface area (Å²) in [5.74, 6) is -0.394. The van der Waals surface area contributed by atoms with Gasteiger partial charge in [-0.15, -0.1) is 0 Å². The molecule has 86 valence electrons. The highest BCUT2D eigenvalue weighted by molar-refractivity contribution is 5.96. The molecule has 4 heteroatoms. The molecule has 16 heavy (non-hydrogen) atoms. The van der Waals surface area contributed by atoms with Gasteiger partial charge >= 0.3 is 0 Å². The summed E-state index contributed by atoms with van der Waals surface area (Å²) in [5, 5.41) is 12.1. The molecule has 3 nitrogen and oxygen atoms in total. The Morgan fingerprint density at radius 3 is 2.94 bits per heavy atom. The highest BCUT2D eigenvalue weighted by Crippen LogP contribution is 2.31. The van der Waals surface area contributed by atoms with Gasteiger partial charge in [0, 0.05) is 6.54 Å². The van der Waals surface area contributed by atoms with Crippen molar-refractivity contribution in [3.05, 3.63) is 29.6 Å². The predicted molar refractivity (Wildman–Crippen MR) is 57.7 cm³/mol. The summed E-state index contributed by atoms with van der Waals surface area (Å²) in [6.07, 6.45) is 3.43. The smallest absolute Gasteiger partial charge is 0.255 e. The van der Waals surface area contributed by atoms with E-state index >= 15 is 0 Å². The summed E-state index contributed by atoms with van der Waals surface area (Å²) in [6.45, 7) is 0.583. The minimum Gasteiger partial charge on any atom is -0.507 e. The average Bonchev–Trinajstić information content (AvgIpc) is 3.05. The van der Waals surface area contributed by atoms with Gasteiger partial charge < -0.3 is 10.4 Å². The number of phenolic OH excluding ortho intramolecular Hbond substituents is 1. The number of aromatic hydroxyl groups is 1. The summed E-state index contributed by atoms with van der Waals surface area (Å²) < 4.78 is 12.9. The second-order valence-electron chi connectivity index (χ2n) is 4.15. The third-order valence-electron chi connectivity index (χ3n) is 2.74. The van der Waals surface area contributed by atoms with Crippen LogP contribution >= 0.6 is 0 Å². The van der Waals surface area contributed by atoms with Gasteiger partial charge in [-0.25, -0.2) is 4.39 Å². The van der Waals surface area contributed by atoms with Gasteiger partial charge in [-0.05, 0) is 30.5 Å². The molecular weight excluding hydrogens is 209 g/mol. The normalized spacial score (nSPS) is 14.8. The Bertz CT molecular complexity index is 402. The number of carbonyl (C=O) groups excluding carboxylic acids is 1. The molecule has 1 saturated carbocycles. The van der Waals surface area contributed by atoms with Gasteiger partial charge in [0.2, 0.25) is 0 Å². The van der Waals surface area contributed by atoms with Crippen LogP contribution in [0.2, 0.25) is 0 Å². The number of phenols is 1. The molecule has 2 N–H and O–H groups in total. The first kappa shape index (κ1) is 10.9. The maximum Gasteiger partial charge on any atom is 0.255 e. The second-order valence-corrected chi connectivity index (χ2v) is 4.15. The molecule has 0 heterocycles. The van der Waals surface area contributed by atoms with Crippen LogP contribution in [0.4, 0.5) is 4.39 Å².